The Morgan fingerprint density at radius 1 is 0.939 bits per heavy atom. The van der Waals surface area contributed by atoms with Gasteiger partial charge in [-0.2, -0.15) is 0 Å². The summed E-state index contributed by atoms with van der Waals surface area (Å²) >= 11 is 0. The van der Waals surface area contributed by atoms with Crippen molar-refractivity contribution >= 4 is 27.5 Å². The quantitative estimate of drug-likeness (QED) is 0.672. The number of sulfonamides is 1. The molecule has 2 aliphatic rings. The van der Waals surface area contributed by atoms with Crippen LogP contribution in [0.1, 0.15) is 60.9 Å². The molecule has 2 amide bonds. The topological polar surface area (TPSA) is 95.6 Å². The number of anilines is 1. The van der Waals surface area contributed by atoms with Crippen LogP contribution in [0.15, 0.2) is 53.4 Å². The molecule has 0 bridgehead atoms. The van der Waals surface area contributed by atoms with E-state index in [1.165, 1.54) is 12.5 Å². The maximum absolute atomic E-state index is 13.3. The van der Waals surface area contributed by atoms with Gasteiger partial charge in [0, 0.05) is 23.8 Å². The average molecular weight is 470 g/mol. The average Bonchev–Trinajstić information content (AvgIpc) is 3.29. The van der Waals surface area contributed by atoms with Crippen LogP contribution in [0.3, 0.4) is 0 Å². The van der Waals surface area contributed by atoms with Gasteiger partial charge in [-0.3, -0.25) is 14.3 Å². The van der Waals surface area contributed by atoms with Gasteiger partial charge in [0.05, 0.1) is 4.90 Å². The highest BCUT2D eigenvalue weighted by Gasteiger charge is 2.35. The van der Waals surface area contributed by atoms with Crippen LogP contribution < -0.4 is 10.0 Å². The van der Waals surface area contributed by atoms with Gasteiger partial charge in [0.1, 0.15) is 6.04 Å². The maximum Gasteiger partial charge on any atom is 0.262 e. The standard InChI is InChI=1S/C25H31N3O4S/c1-18-9-5-6-15-23(18)33(31,32)27-21-13-7-10-19(17-21)25(30)28-16-8-14-22(28)24(29)26-20-11-3-2-4-12-20/h5-7,9-10,13,15,17,20,22,27H,2-4,8,11-12,14,16H2,1H3,(H,26,29)/t22-/m0/s1. The van der Waals surface area contributed by atoms with E-state index >= 15 is 0 Å². The van der Waals surface area contributed by atoms with Crippen LogP contribution in [0.5, 0.6) is 0 Å². The normalized spacial score (nSPS) is 19.3. The summed E-state index contributed by atoms with van der Waals surface area (Å²) in [6, 6.07) is 12.9. The van der Waals surface area contributed by atoms with Crippen LogP contribution in [0.2, 0.25) is 0 Å². The van der Waals surface area contributed by atoms with Crippen LogP contribution in [0.4, 0.5) is 5.69 Å². The number of carbonyl (C=O) groups excluding carboxylic acids is 2. The maximum atomic E-state index is 13.3. The van der Waals surface area contributed by atoms with E-state index in [0.717, 1.165) is 32.1 Å². The molecular weight excluding hydrogens is 438 g/mol. The first-order chi connectivity index (χ1) is 15.8. The summed E-state index contributed by atoms with van der Waals surface area (Å²) in [7, 11) is -3.79. The molecule has 2 fully saturated rings. The van der Waals surface area contributed by atoms with Gasteiger partial charge in [0.15, 0.2) is 0 Å². The third-order valence-corrected chi connectivity index (χ3v) is 8.05. The molecule has 2 aromatic rings. The van der Waals surface area contributed by atoms with Crippen molar-refractivity contribution in [3.63, 3.8) is 0 Å². The van der Waals surface area contributed by atoms with Crippen LogP contribution in [0.25, 0.3) is 0 Å². The lowest BCUT2D eigenvalue weighted by Crippen LogP contribution is -2.49. The molecule has 0 unspecified atom stereocenters. The first-order valence-corrected chi connectivity index (χ1v) is 13.1. The molecule has 1 saturated carbocycles. The van der Waals surface area contributed by atoms with Crippen molar-refractivity contribution in [1.82, 2.24) is 10.2 Å². The lowest BCUT2D eigenvalue weighted by molar-refractivity contribution is -0.125. The Morgan fingerprint density at radius 2 is 1.70 bits per heavy atom. The van der Waals surface area contributed by atoms with E-state index in [9.17, 15) is 18.0 Å². The van der Waals surface area contributed by atoms with E-state index in [1.54, 1.807) is 54.3 Å². The molecule has 2 N–H and O–H groups in total. The van der Waals surface area contributed by atoms with Gasteiger partial charge in [-0.25, -0.2) is 8.42 Å². The zero-order chi connectivity index (χ0) is 23.4. The SMILES string of the molecule is Cc1ccccc1S(=O)(=O)Nc1cccc(C(=O)N2CCC[C@H]2C(=O)NC2CCCCC2)c1. The number of nitrogens with one attached hydrogen (secondary N) is 2. The van der Waals surface area contributed by atoms with Crippen molar-refractivity contribution < 1.29 is 18.0 Å². The van der Waals surface area contributed by atoms with Gasteiger partial charge in [-0.15, -0.1) is 0 Å². The molecule has 1 saturated heterocycles. The molecule has 2 aromatic carbocycles. The second kappa shape index (κ2) is 9.95. The Hall–Kier alpha value is -2.87. The highest BCUT2D eigenvalue weighted by molar-refractivity contribution is 7.92. The Bertz CT molecular complexity index is 1130. The third kappa shape index (κ3) is 5.38. The molecule has 1 atom stereocenters. The van der Waals surface area contributed by atoms with Gasteiger partial charge in [0.25, 0.3) is 15.9 Å². The molecule has 0 spiro atoms. The summed E-state index contributed by atoms with van der Waals surface area (Å²) in [6.07, 6.45) is 6.88. The fourth-order valence-corrected chi connectivity index (χ4v) is 6.07. The Morgan fingerprint density at radius 3 is 2.45 bits per heavy atom. The minimum absolute atomic E-state index is 0.0795. The van der Waals surface area contributed by atoms with E-state index in [0.29, 0.717) is 29.8 Å². The molecular formula is C25H31N3O4S. The second-order valence-corrected chi connectivity index (χ2v) is 10.6. The number of benzene rings is 2. The van der Waals surface area contributed by atoms with Crippen molar-refractivity contribution in [3.8, 4) is 0 Å². The van der Waals surface area contributed by atoms with Crippen molar-refractivity contribution in [2.75, 3.05) is 11.3 Å². The summed E-state index contributed by atoms with van der Waals surface area (Å²) in [4.78, 5) is 28.0. The summed E-state index contributed by atoms with van der Waals surface area (Å²) in [5.41, 5.74) is 1.31. The van der Waals surface area contributed by atoms with Crippen LogP contribution in [-0.4, -0.2) is 43.8 Å². The van der Waals surface area contributed by atoms with Gasteiger partial charge in [-0.1, -0.05) is 43.5 Å². The van der Waals surface area contributed by atoms with E-state index < -0.39 is 16.1 Å². The molecule has 176 valence electrons. The molecule has 33 heavy (non-hydrogen) atoms. The predicted molar refractivity (Wildman–Crippen MR) is 128 cm³/mol. The lowest BCUT2D eigenvalue weighted by atomic mass is 9.95. The summed E-state index contributed by atoms with van der Waals surface area (Å²) < 4.78 is 28.2. The fraction of sp³-hybridized carbons (Fsp3) is 0.440. The van der Waals surface area contributed by atoms with Crippen molar-refractivity contribution in [3.05, 3.63) is 59.7 Å². The summed E-state index contributed by atoms with van der Waals surface area (Å²) in [5.74, 6) is -0.336. The number of hydrogen-bond acceptors (Lipinski definition) is 4. The zero-order valence-corrected chi connectivity index (χ0v) is 19.7. The fourth-order valence-electron chi connectivity index (χ4n) is 4.78. The monoisotopic (exact) mass is 469 g/mol. The van der Waals surface area contributed by atoms with Gasteiger partial charge in [0.2, 0.25) is 5.91 Å². The van der Waals surface area contributed by atoms with E-state index in [-0.39, 0.29) is 22.8 Å². The summed E-state index contributed by atoms with van der Waals surface area (Å²) in [6.45, 7) is 2.25. The lowest BCUT2D eigenvalue weighted by Gasteiger charge is -2.28. The number of likely N-dealkylation sites (tertiary alicyclic amines) is 1. The van der Waals surface area contributed by atoms with Crippen LogP contribution >= 0.6 is 0 Å². The molecule has 0 aromatic heterocycles. The molecule has 1 heterocycles. The van der Waals surface area contributed by atoms with Gasteiger partial charge in [-0.05, 0) is 62.4 Å². The van der Waals surface area contributed by atoms with E-state index in [1.807, 2.05) is 0 Å². The minimum Gasteiger partial charge on any atom is -0.352 e. The largest absolute Gasteiger partial charge is 0.352 e. The van der Waals surface area contributed by atoms with Crippen LogP contribution in [0, 0.1) is 6.92 Å². The number of rotatable bonds is 6. The number of hydrogen-bond donors (Lipinski definition) is 2. The third-order valence-electron chi connectivity index (χ3n) is 6.51. The Kier molecular flexibility index (Phi) is 7.02. The zero-order valence-electron chi connectivity index (χ0n) is 18.9. The molecule has 0 radical (unpaired) electrons. The number of carbonyl (C=O) groups is 2. The van der Waals surface area contributed by atoms with Crippen molar-refractivity contribution in [1.29, 1.82) is 0 Å². The number of nitrogens with zero attached hydrogens (tertiary/aromatic N) is 1. The van der Waals surface area contributed by atoms with Gasteiger partial charge >= 0.3 is 0 Å². The second-order valence-electron chi connectivity index (χ2n) is 8.95. The van der Waals surface area contributed by atoms with E-state index in [4.69, 9.17) is 0 Å². The smallest absolute Gasteiger partial charge is 0.262 e. The highest BCUT2D eigenvalue weighted by Crippen LogP contribution is 2.25. The number of amides is 2. The Labute approximate surface area is 195 Å². The molecule has 1 aliphatic carbocycles. The molecule has 1 aliphatic heterocycles. The highest BCUT2D eigenvalue weighted by atomic mass is 32.2. The first-order valence-electron chi connectivity index (χ1n) is 11.6. The van der Waals surface area contributed by atoms with Crippen molar-refractivity contribution in [2.45, 2.75) is 68.8 Å². The molecule has 7 nitrogen and oxygen atoms in total. The van der Waals surface area contributed by atoms with Crippen LogP contribution in [-0.2, 0) is 14.8 Å². The van der Waals surface area contributed by atoms with Gasteiger partial charge < -0.3 is 10.2 Å². The Balaban J connectivity index is 1.47. The molecule has 4 rings (SSSR count). The minimum atomic E-state index is -3.79. The summed E-state index contributed by atoms with van der Waals surface area (Å²) in [5, 5.41) is 3.14. The predicted octanol–water partition coefficient (Wildman–Crippen LogP) is 3.85. The van der Waals surface area contributed by atoms with Crippen molar-refractivity contribution in [2.24, 2.45) is 0 Å². The first kappa shape index (κ1) is 23.3. The molecule has 8 heteroatoms. The number of aryl methyl sites for hydroxylation is 1. The van der Waals surface area contributed by atoms with E-state index in [2.05, 4.69) is 10.0 Å².